The number of anilines is 2. The van der Waals surface area contributed by atoms with Crippen LogP contribution in [-0.2, 0) is 10.0 Å². The largest absolute Gasteiger partial charge is 0.405 e. The lowest BCUT2D eigenvalue weighted by Crippen LogP contribution is -2.23. The Hall–Kier alpha value is -2.36. The second kappa shape index (κ2) is 6.63. The fraction of sp³-hybridized carbons (Fsp3) is 0.143. The smallest absolute Gasteiger partial charge is 0.375 e. The Morgan fingerprint density at radius 3 is 1.96 bits per heavy atom. The first-order valence-corrected chi connectivity index (χ1v) is 7.95. The van der Waals surface area contributed by atoms with Gasteiger partial charge in [-0.1, -0.05) is 18.2 Å². The molecular formula is C14H11F5N2O2S. The first-order valence-electron chi connectivity index (χ1n) is 6.46. The molecule has 0 aliphatic heterocycles. The van der Waals surface area contributed by atoms with E-state index in [1.807, 2.05) is 10.0 Å². The summed E-state index contributed by atoms with van der Waals surface area (Å²) in [5, 5.41) is 2.02. The van der Waals surface area contributed by atoms with Crippen molar-refractivity contribution in [3.63, 3.8) is 0 Å². The molecule has 0 fully saturated rings. The molecule has 0 saturated carbocycles. The molecule has 2 rings (SSSR count). The minimum Gasteiger partial charge on any atom is -0.375 e. The number of para-hydroxylation sites is 2. The van der Waals surface area contributed by atoms with Gasteiger partial charge in [0.15, 0.2) is 4.90 Å². The van der Waals surface area contributed by atoms with Gasteiger partial charge in [-0.15, -0.1) is 0 Å². The average molecular weight is 366 g/mol. The lowest BCUT2D eigenvalue weighted by Gasteiger charge is -2.15. The molecule has 10 heteroatoms. The Bertz CT molecular complexity index is 817. The molecule has 0 radical (unpaired) electrons. The number of alkyl halides is 3. The fourth-order valence-electron chi connectivity index (χ4n) is 1.86. The maximum atomic E-state index is 13.6. The summed E-state index contributed by atoms with van der Waals surface area (Å²) in [5.41, 5.74) is -0.459. The van der Waals surface area contributed by atoms with Crippen molar-refractivity contribution in [3.05, 3.63) is 54.1 Å². The van der Waals surface area contributed by atoms with Crippen molar-refractivity contribution in [1.29, 1.82) is 0 Å². The van der Waals surface area contributed by atoms with E-state index < -0.39 is 39.3 Å². The Kier molecular flexibility index (Phi) is 4.97. The molecule has 0 heterocycles. The third-order valence-electron chi connectivity index (χ3n) is 2.84. The fourth-order valence-corrected chi connectivity index (χ4v) is 3.08. The van der Waals surface area contributed by atoms with E-state index in [9.17, 15) is 30.4 Å². The van der Waals surface area contributed by atoms with Gasteiger partial charge >= 0.3 is 6.18 Å². The Balaban J connectivity index is 2.34. The lowest BCUT2D eigenvalue weighted by molar-refractivity contribution is -0.115. The first kappa shape index (κ1) is 18.0. The van der Waals surface area contributed by atoms with Crippen molar-refractivity contribution in [3.8, 4) is 0 Å². The summed E-state index contributed by atoms with van der Waals surface area (Å²) in [6.07, 6.45) is -4.52. The van der Waals surface area contributed by atoms with Gasteiger partial charge in [0, 0.05) is 0 Å². The molecule has 0 unspecified atom stereocenters. The molecule has 0 aromatic heterocycles. The number of halogens is 5. The maximum Gasteiger partial charge on any atom is 0.405 e. The summed E-state index contributed by atoms with van der Waals surface area (Å²) in [5.74, 6) is -2.63. The second-order valence-electron chi connectivity index (χ2n) is 4.67. The number of rotatable bonds is 5. The van der Waals surface area contributed by atoms with Gasteiger partial charge in [0.25, 0.3) is 10.0 Å². The Morgan fingerprint density at radius 1 is 0.875 bits per heavy atom. The van der Waals surface area contributed by atoms with Crippen LogP contribution in [0.4, 0.5) is 33.3 Å². The number of benzene rings is 2. The van der Waals surface area contributed by atoms with Crippen molar-refractivity contribution < 1.29 is 30.4 Å². The van der Waals surface area contributed by atoms with E-state index in [0.717, 1.165) is 24.3 Å². The van der Waals surface area contributed by atoms with Gasteiger partial charge in [-0.05, 0) is 24.3 Å². The van der Waals surface area contributed by atoms with Crippen LogP contribution in [0.1, 0.15) is 0 Å². The van der Waals surface area contributed by atoms with Gasteiger partial charge < -0.3 is 5.32 Å². The third-order valence-corrected chi connectivity index (χ3v) is 4.25. The van der Waals surface area contributed by atoms with E-state index in [4.69, 9.17) is 0 Å². The monoisotopic (exact) mass is 366 g/mol. The van der Waals surface area contributed by atoms with Crippen LogP contribution < -0.4 is 10.0 Å². The van der Waals surface area contributed by atoms with Gasteiger partial charge in [0.1, 0.15) is 18.2 Å². The van der Waals surface area contributed by atoms with E-state index >= 15 is 0 Å². The summed E-state index contributed by atoms with van der Waals surface area (Å²) in [7, 11) is -4.67. The highest BCUT2D eigenvalue weighted by Crippen LogP contribution is 2.27. The molecular weight excluding hydrogens is 355 g/mol. The van der Waals surface area contributed by atoms with E-state index in [1.165, 1.54) is 18.2 Å². The molecule has 0 aliphatic rings. The molecule has 0 saturated heterocycles. The molecule has 2 aromatic carbocycles. The van der Waals surface area contributed by atoms with Crippen molar-refractivity contribution >= 4 is 21.4 Å². The van der Waals surface area contributed by atoms with Crippen LogP contribution in [0.15, 0.2) is 47.4 Å². The third kappa shape index (κ3) is 4.34. The summed E-state index contributed by atoms with van der Waals surface area (Å²) in [6.45, 7) is -1.40. The van der Waals surface area contributed by atoms with E-state index in [1.54, 1.807) is 0 Å². The Morgan fingerprint density at radius 2 is 1.42 bits per heavy atom. The molecule has 2 N–H and O–H groups in total. The number of nitrogens with one attached hydrogen (secondary N) is 2. The lowest BCUT2D eigenvalue weighted by atomic mass is 10.3. The zero-order valence-corrected chi connectivity index (χ0v) is 12.7. The van der Waals surface area contributed by atoms with Crippen LogP contribution in [0.5, 0.6) is 0 Å². The zero-order valence-electron chi connectivity index (χ0n) is 11.9. The van der Waals surface area contributed by atoms with Crippen molar-refractivity contribution in [1.82, 2.24) is 0 Å². The molecule has 0 aliphatic carbocycles. The van der Waals surface area contributed by atoms with Crippen LogP contribution in [0.2, 0.25) is 0 Å². The summed E-state index contributed by atoms with van der Waals surface area (Å²) >= 11 is 0. The van der Waals surface area contributed by atoms with Gasteiger partial charge in [0.2, 0.25) is 0 Å². The highest BCUT2D eigenvalue weighted by atomic mass is 32.2. The molecule has 0 bridgehead atoms. The van der Waals surface area contributed by atoms with E-state index in [-0.39, 0.29) is 11.4 Å². The van der Waals surface area contributed by atoms with Gasteiger partial charge in [-0.25, -0.2) is 17.2 Å². The van der Waals surface area contributed by atoms with Gasteiger partial charge in [-0.3, -0.25) is 4.72 Å². The van der Waals surface area contributed by atoms with Gasteiger partial charge in [0.05, 0.1) is 11.4 Å². The summed E-state index contributed by atoms with van der Waals surface area (Å²) < 4.78 is 90.3. The number of sulfonamides is 1. The average Bonchev–Trinajstić information content (AvgIpc) is 2.44. The molecule has 130 valence electrons. The quantitative estimate of drug-likeness (QED) is 0.793. The summed E-state index contributed by atoms with van der Waals surface area (Å²) in [6, 6.07) is 7.59. The highest BCUT2D eigenvalue weighted by Gasteiger charge is 2.28. The number of hydrogen-bond donors (Lipinski definition) is 2. The minimum atomic E-state index is -4.67. The molecule has 0 atom stereocenters. The van der Waals surface area contributed by atoms with Crippen LogP contribution >= 0.6 is 0 Å². The first-order chi connectivity index (χ1) is 11.1. The topological polar surface area (TPSA) is 58.2 Å². The second-order valence-corrected chi connectivity index (χ2v) is 6.29. The van der Waals surface area contributed by atoms with E-state index in [0.29, 0.717) is 0 Å². The van der Waals surface area contributed by atoms with Crippen LogP contribution in [0.25, 0.3) is 0 Å². The predicted octanol–water partition coefficient (Wildman–Crippen LogP) is 3.74. The normalized spacial score (nSPS) is 12.0. The minimum absolute atomic E-state index is 0.185. The molecule has 4 nitrogen and oxygen atoms in total. The SMILES string of the molecule is O=S(=O)(Nc1ccccc1NCC(F)(F)F)c1c(F)cccc1F. The standard InChI is InChI=1S/C14H11F5N2O2S/c15-9-4-3-5-10(16)13(9)24(22,23)21-12-7-2-1-6-11(12)20-8-14(17,18)19/h1-7,20-21H,8H2. The summed E-state index contributed by atoms with van der Waals surface area (Å²) in [4.78, 5) is -1.21. The molecule has 24 heavy (non-hydrogen) atoms. The Labute approximate surface area is 134 Å². The molecule has 0 amide bonds. The zero-order chi connectivity index (χ0) is 18.0. The number of hydrogen-bond acceptors (Lipinski definition) is 3. The molecule has 2 aromatic rings. The van der Waals surface area contributed by atoms with Gasteiger partial charge in [-0.2, -0.15) is 13.2 Å². The van der Waals surface area contributed by atoms with Crippen molar-refractivity contribution in [2.75, 3.05) is 16.6 Å². The van der Waals surface area contributed by atoms with Crippen molar-refractivity contribution in [2.45, 2.75) is 11.1 Å². The van der Waals surface area contributed by atoms with Crippen LogP contribution in [0, 0.1) is 11.6 Å². The van der Waals surface area contributed by atoms with Crippen molar-refractivity contribution in [2.24, 2.45) is 0 Å². The van der Waals surface area contributed by atoms with Crippen LogP contribution in [0.3, 0.4) is 0 Å². The van der Waals surface area contributed by atoms with Crippen LogP contribution in [-0.4, -0.2) is 21.1 Å². The molecule has 0 spiro atoms. The maximum absolute atomic E-state index is 13.6. The predicted molar refractivity (Wildman–Crippen MR) is 78.2 cm³/mol. The highest BCUT2D eigenvalue weighted by molar-refractivity contribution is 7.92. The van der Waals surface area contributed by atoms with E-state index in [2.05, 4.69) is 0 Å².